The van der Waals surface area contributed by atoms with Crippen LogP contribution in [0.25, 0.3) is 90.2 Å². The summed E-state index contributed by atoms with van der Waals surface area (Å²) in [6.07, 6.45) is 0. The van der Waals surface area contributed by atoms with Crippen molar-refractivity contribution in [3.63, 3.8) is 0 Å². The standard InChI is InChI=1S/2C14H8ClNO3.C14H8FNO3.C14H9NO3/c15-9-4-1-3-8(7-9)13-16-11-6-2-5-10(14(17)18)12(11)19-13;2*15-9-6-4-8(5-7-9)13-16-11-3-1-2-10(14(17)18)12(11)19-13;16-14(17)10-7-4-8-11-12(10)15-13(18-11)9-5-2-1-3-6-9/h3*1-7H,(H,17,18);1-8H,(H,16,17). The molecule has 12 rings (SSSR count). The van der Waals surface area contributed by atoms with E-state index in [0.717, 1.165) is 11.1 Å². The van der Waals surface area contributed by atoms with Gasteiger partial charge in [0.25, 0.3) is 0 Å². The van der Waals surface area contributed by atoms with Crippen LogP contribution in [0.4, 0.5) is 4.39 Å². The summed E-state index contributed by atoms with van der Waals surface area (Å²) in [6, 6.07) is 48.3. The largest absolute Gasteiger partial charge is 0.478 e. The minimum absolute atomic E-state index is 0.0540. The zero-order valence-corrected chi connectivity index (χ0v) is 39.7. The maximum Gasteiger partial charge on any atom is 0.339 e. The summed E-state index contributed by atoms with van der Waals surface area (Å²) in [4.78, 5) is 61.4. The quantitative estimate of drug-likeness (QED) is 0.110. The molecule has 0 aliphatic carbocycles. The van der Waals surface area contributed by atoms with Crippen molar-refractivity contribution in [3.8, 4) is 45.8 Å². The fourth-order valence-corrected chi connectivity index (χ4v) is 7.67. The Hall–Kier alpha value is -9.97. The molecular formula is C56H33Cl2FN4O12. The van der Waals surface area contributed by atoms with Crippen LogP contribution in [0.15, 0.2) is 194 Å². The summed E-state index contributed by atoms with van der Waals surface area (Å²) in [7, 11) is 0. The molecular weight excluding hydrogens is 1010 g/mol. The molecule has 8 aromatic carbocycles. The molecule has 0 fully saturated rings. The average Bonchev–Trinajstić information content (AvgIpc) is 4.25. The lowest BCUT2D eigenvalue weighted by Crippen LogP contribution is -1.96. The van der Waals surface area contributed by atoms with Crippen LogP contribution in [-0.2, 0) is 0 Å². The van der Waals surface area contributed by atoms with E-state index in [1.54, 1.807) is 97.1 Å². The molecule has 4 aromatic heterocycles. The van der Waals surface area contributed by atoms with Gasteiger partial charge < -0.3 is 38.1 Å². The third kappa shape index (κ3) is 11.2. The van der Waals surface area contributed by atoms with E-state index >= 15 is 0 Å². The van der Waals surface area contributed by atoms with Gasteiger partial charge in [-0.15, -0.1) is 0 Å². The van der Waals surface area contributed by atoms with Crippen molar-refractivity contribution in [3.05, 3.63) is 214 Å². The fraction of sp³-hybridized carbons (Fsp3) is 0. The fourth-order valence-electron chi connectivity index (χ4n) is 7.35. The lowest BCUT2D eigenvalue weighted by molar-refractivity contribution is 0.0687. The monoisotopic (exact) mass is 1040 g/mol. The summed E-state index contributed by atoms with van der Waals surface area (Å²) in [5, 5.41) is 37.5. The number of para-hydroxylation sites is 4. The van der Waals surface area contributed by atoms with Crippen molar-refractivity contribution in [1.29, 1.82) is 0 Å². The predicted molar refractivity (Wildman–Crippen MR) is 276 cm³/mol. The van der Waals surface area contributed by atoms with Gasteiger partial charge in [-0.25, -0.2) is 43.5 Å². The molecule has 0 aliphatic heterocycles. The topological polar surface area (TPSA) is 253 Å². The van der Waals surface area contributed by atoms with Crippen LogP contribution in [-0.4, -0.2) is 64.2 Å². The van der Waals surface area contributed by atoms with Crippen LogP contribution in [0.1, 0.15) is 41.4 Å². The number of carboxylic acid groups (broad SMARTS) is 4. The Morgan fingerprint density at radius 2 is 0.760 bits per heavy atom. The van der Waals surface area contributed by atoms with E-state index in [1.807, 2.05) is 30.3 Å². The van der Waals surface area contributed by atoms with E-state index in [4.69, 9.17) is 61.3 Å². The number of hydrogen-bond acceptors (Lipinski definition) is 12. The Labute approximate surface area is 431 Å². The Balaban J connectivity index is 0.000000122. The highest BCUT2D eigenvalue weighted by molar-refractivity contribution is 6.31. The molecule has 0 aliphatic rings. The molecule has 370 valence electrons. The zero-order chi connectivity index (χ0) is 52.8. The smallest absolute Gasteiger partial charge is 0.339 e. The number of hydrogen-bond donors (Lipinski definition) is 4. The van der Waals surface area contributed by atoms with Gasteiger partial charge in [-0.05, 0) is 127 Å². The number of aromatic nitrogens is 4. The Morgan fingerprint density at radius 3 is 1.23 bits per heavy atom. The Morgan fingerprint density at radius 1 is 0.373 bits per heavy atom. The molecule has 19 heteroatoms. The van der Waals surface area contributed by atoms with E-state index in [1.165, 1.54) is 48.5 Å². The van der Waals surface area contributed by atoms with Gasteiger partial charge in [0, 0.05) is 32.3 Å². The molecule has 0 atom stereocenters. The first kappa shape index (κ1) is 50.0. The minimum atomic E-state index is -1.08. The van der Waals surface area contributed by atoms with E-state index in [2.05, 4.69) is 19.9 Å². The lowest BCUT2D eigenvalue weighted by atomic mass is 10.2. The molecule has 0 unspecified atom stereocenters. The molecule has 0 amide bonds. The summed E-state index contributed by atoms with van der Waals surface area (Å²) >= 11 is 11.7. The number of aromatic carboxylic acids is 4. The molecule has 4 N–H and O–H groups in total. The summed E-state index contributed by atoms with van der Waals surface area (Å²) < 4.78 is 35.0. The third-order valence-electron chi connectivity index (χ3n) is 10.9. The number of halogens is 3. The Kier molecular flexibility index (Phi) is 14.5. The van der Waals surface area contributed by atoms with E-state index in [9.17, 15) is 23.6 Å². The number of carbonyl (C=O) groups is 4. The van der Waals surface area contributed by atoms with Gasteiger partial charge in [-0.3, -0.25) is 0 Å². The summed E-state index contributed by atoms with van der Waals surface area (Å²) in [5.41, 5.74) is 6.38. The van der Waals surface area contributed by atoms with Crippen molar-refractivity contribution < 1.29 is 61.7 Å². The highest BCUT2D eigenvalue weighted by Gasteiger charge is 2.19. The normalized spacial score (nSPS) is 10.8. The average molecular weight is 1040 g/mol. The highest BCUT2D eigenvalue weighted by Crippen LogP contribution is 2.31. The summed E-state index contributed by atoms with van der Waals surface area (Å²) in [6.45, 7) is 0. The predicted octanol–water partition coefficient (Wildman–Crippen LogP) is 14.2. The van der Waals surface area contributed by atoms with Crippen molar-refractivity contribution in [2.75, 3.05) is 0 Å². The van der Waals surface area contributed by atoms with Gasteiger partial charge in [-0.2, -0.15) is 0 Å². The number of oxazole rings is 4. The van der Waals surface area contributed by atoms with Crippen LogP contribution in [0.3, 0.4) is 0 Å². The Bertz CT molecular complexity index is 3950. The van der Waals surface area contributed by atoms with Crippen molar-refractivity contribution in [2.45, 2.75) is 0 Å². The van der Waals surface area contributed by atoms with Gasteiger partial charge in [0.05, 0.1) is 5.56 Å². The number of benzene rings is 8. The molecule has 0 saturated heterocycles. The van der Waals surface area contributed by atoms with Crippen molar-refractivity contribution >= 4 is 91.5 Å². The second kappa shape index (κ2) is 21.8. The number of fused-ring (bicyclic) bond motifs is 4. The molecule has 16 nitrogen and oxygen atoms in total. The first-order valence-corrected chi connectivity index (χ1v) is 22.8. The van der Waals surface area contributed by atoms with Gasteiger partial charge in [0.15, 0.2) is 22.3 Å². The molecule has 12 aromatic rings. The first-order chi connectivity index (χ1) is 36.2. The number of nitrogens with zero attached hydrogens (tertiary/aromatic N) is 4. The van der Waals surface area contributed by atoms with E-state index in [-0.39, 0.29) is 50.7 Å². The molecule has 75 heavy (non-hydrogen) atoms. The number of carboxylic acids is 4. The maximum absolute atomic E-state index is 12.8. The molecule has 4 heterocycles. The van der Waals surface area contributed by atoms with Gasteiger partial charge in [0.1, 0.15) is 44.6 Å². The minimum Gasteiger partial charge on any atom is -0.478 e. The van der Waals surface area contributed by atoms with Crippen molar-refractivity contribution in [2.24, 2.45) is 0 Å². The van der Waals surface area contributed by atoms with Crippen LogP contribution in [0.5, 0.6) is 0 Å². The molecule has 0 radical (unpaired) electrons. The second-order valence-electron chi connectivity index (χ2n) is 15.8. The second-order valence-corrected chi connectivity index (χ2v) is 16.7. The first-order valence-electron chi connectivity index (χ1n) is 22.1. The van der Waals surface area contributed by atoms with Gasteiger partial charge >= 0.3 is 23.9 Å². The van der Waals surface area contributed by atoms with Crippen LogP contribution in [0, 0.1) is 5.82 Å². The maximum atomic E-state index is 12.8. The van der Waals surface area contributed by atoms with E-state index in [0.29, 0.717) is 66.5 Å². The van der Waals surface area contributed by atoms with Gasteiger partial charge in [0.2, 0.25) is 23.6 Å². The zero-order valence-electron chi connectivity index (χ0n) is 38.2. The van der Waals surface area contributed by atoms with Crippen molar-refractivity contribution in [1.82, 2.24) is 19.9 Å². The van der Waals surface area contributed by atoms with Crippen LogP contribution in [0.2, 0.25) is 10.0 Å². The third-order valence-corrected chi connectivity index (χ3v) is 11.3. The highest BCUT2D eigenvalue weighted by atomic mass is 35.5. The lowest BCUT2D eigenvalue weighted by Gasteiger charge is -1.95. The molecule has 0 bridgehead atoms. The van der Waals surface area contributed by atoms with E-state index < -0.39 is 23.9 Å². The summed E-state index contributed by atoms with van der Waals surface area (Å²) in [5.74, 6) is -3.09. The van der Waals surface area contributed by atoms with Crippen LogP contribution < -0.4 is 0 Å². The number of rotatable bonds is 8. The SMILES string of the molecule is O=C(O)c1cccc2nc(-c3ccc(Cl)cc3)oc12.O=C(O)c1cccc2nc(-c3ccc(F)cc3)oc12.O=C(O)c1cccc2nc(-c3cccc(Cl)c3)oc12.O=C(O)c1cccc2oc(-c3ccccc3)nc12. The molecule has 0 saturated carbocycles. The van der Waals surface area contributed by atoms with Crippen LogP contribution >= 0.6 is 23.2 Å². The molecule has 0 spiro atoms. The van der Waals surface area contributed by atoms with Gasteiger partial charge in [-0.1, -0.05) is 71.7 Å².